The maximum Gasteiger partial charge on any atom is 0.344 e. The van der Waals surface area contributed by atoms with Crippen LogP contribution in [0.1, 0.15) is 12.5 Å². The number of nitrogens with zero attached hydrogens (tertiary/aromatic N) is 3. The van der Waals surface area contributed by atoms with E-state index >= 15 is 0 Å². The van der Waals surface area contributed by atoms with E-state index in [2.05, 4.69) is 43.8 Å². The minimum Gasteiger partial charge on any atom is -0.466 e. The molecule has 0 radical (unpaired) electrons. The van der Waals surface area contributed by atoms with Crippen molar-refractivity contribution in [3.63, 3.8) is 0 Å². The zero-order valence-corrected chi connectivity index (χ0v) is 16.5. The molecule has 0 spiro atoms. The predicted molar refractivity (Wildman–Crippen MR) is 110 cm³/mol. The number of ether oxygens (including phenoxy) is 2. The molecule has 9 heteroatoms. The lowest BCUT2D eigenvalue weighted by molar-refractivity contribution is -0.145. The Labute approximate surface area is 172 Å². The zero-order chi connectivity index (χ0) is 20.1. The Hall–Kier alpha value is -3.33. The molecule has 29 heavy (non-hydrogen) atoms. The minimum absolute atomic E-state index is 0.152. The quantitative estimate of drug-likeness (QED) is 0.443. The summed E-state index contributed by atoms with van der Waals surface area (Å²) in [6.07, 6.45) is 5.03. The second kappa shape index (κ2) is 8.78. The fourth-order valence-electron chi connectivity index (χ4n) is 2.70. The molecular weight excluding hydrogens is 390 g/mol. The third-order valence-corrected chi connectivity index (χ3v) is 5.11. The molecule has 0 aliphatic carbocycles. The smallest absolute Gasteiger partial charge is 0.344 e. The molecule has 2 N–H and O–H groups in total. The first-order valence-corrected chi connectivity index (χ1v) is 9.90. The van der Waals surface area contributed by atoms with Crippen LogP contribution in [0.4, 0.5) is 17.2 Å². The molecule has 2 aromatic heterocycles. The lowest BCUT2D eigenvalue weighted by atomic mass is 10.2. The standard InChI is InChI=1S/C20H19N5O3S/c1-2-27-18(26)12-28-17-6-4-14(11-24-17)23-10-13-3-5-16-15(9-13)25-19-20(29-16)22-8-7-21-19/h3-9,11,23H,2,10,12H2,1H3,(H,21,25). The fraction of sp³-hybridized carbons (Fsp3) is 0.200. The molecule has 0 atom stereocenters. The SMILES string of the molecule is CCOC(=O)COc1ccc(NCc2ccc3c(c2)Nc2nccnc2S3)cn1. The van der Waals surface area contributed by atoms with Gasteiger partial charge in [0.2, 0.25) is 5.88 Å². The number of carbonyl (C=O) groups excluding carboxylic acids is 1. The van der Waals surface area contributed by atoms with Crippen molar-refractivity contribution in [3.05, 3.63) is 54.5 Å². The van der Waals surface area contributed by atoms with Gasteiger partial charge in [-0.2, -0.15) is 0 Å². The van der Waals surface area contributed by atoms with Crippen LogP contribution in [-0.2, 0) is 16.1 Å². The van der Waals surface area contributed by atoms with E-state index < -0.39 is 5.97 Å². The van der Waals surface area contributed by atoms with Gasteiger partial charge in [-0.15, -0.1) is 0 Å². The van der Waals surface area contributed by atoms with Gasteiger partial charge in [0.05, 0.1) is 24.2 Å². The number of hydrogen-bond acceptors (Lipinski definition) is 9. The first kappa shape index (κ1) is 19.0. The maximum absolute atomic E-state index is 11.3. The molecule has 8 nitrogen and oxygen atoms in total. The van der Waals surface area contributed by atoms with Gasteiger partial charge in [0.15, 0.2) is 12.4 Å². The highest BCUT2D eigenvalue weighted by Gasteiger charge is 2.17. The number of hydrogen-bond donors (Lipinski definition) is 2. The summed E-state index contributed by atoms with van der Waals surface area (Å²) in [5.74, 6) is 0.736. The van der Waals surface area contributed by atoms with E-state index in [9.17, 15) is 4.79 Å². The van der Waals surface area contributed by atoms with Gasteiger partial charge >= 0.3 is 5.97 Å². The van der Waals surface area contributed by atoms with Gasteiger partial charge in [0.1, 0.15) is 5.03 Å². The Bertz CT molecular complexity index is 1010. The first-order valence-electron chi connectivity index (χ1n) is 9.08. The van der Waals surface area contributed by atoms with Crippen LogP contribution >= 0.6 is 11.8 Å². The number of anilines is 3. The minimum atomic E-state index is -0.413. The van der Waals surface area contributed by atoms with E-state index in [0.717, 1.165) is 32.7 Å². The van der Waals surface area contributed by atoms with Crippen molar-refractivity contribution in [2.45, 2.75) is 23.4 Å². The summed E-state index contributed by atoms with van der Waals surface area (Å²) >= 11 is 1.60. The lowest BCUT2D eigenvalue weighted by Crippen LogP contribution is -2.15. The molecule has 3 heterocycles. The number of carbonyl (C=O) groups is 1. The summed E-state index contributed by atoms with van der Waals surface area (Å²) in [6, 6.07) is 9.81. The molecule has 1 aliphatic rings. The largest absolute Gasteiger partial charge is 0.466 e. The highest BCUT2D eigenvalue weighted by Crippen LogP contribution is 2.42. The van der Waals surface area contributed by atoms with E-state index in [1.807, 2.05) is 6.07 Å². The highest BCUT2D eigenvalue weighted by atomic mass is 32.2. The van der Waals surface area contributed by atoms with Crippen molar-refractivity contribution >= 4 is 34.9 Å². The van der Waals surface area contributed by atoms with Crippen molar-refractivity contribution < 1.29 is 14.3 Å². The molecule has 1 aromatic carbocycles. The molecule has 0 saturated heterocycles. The Kier molecular flexibility index (Phi) is 5.76. The fourth-order valence-corrected chi connectivity index (χ4v) is 3.58. The zero-order valence-electron chi connectivity index (χ0n) is 15.7. The van der Waals surface area contributed by atoms with Gasteiger partial charge in [-0.25, -0.2) is 19.7 Å². The topological polar surface area (TPSA) is 98.3 Å². The van der Waals surface area contributed by atoms with Crippen molar-refractivity contribution in [2.24, 2.45) is 0 Å². The lowest BCUT2D eigenvalue weighted by Gasteiger charge is -2.19. The highest BCUT2D eigenvalue weighted by molar-refractivity contribution is 7.99. The van der Waals surface area contributed by atoms with E-state index in [4.69, 9.17) is 9.47 Å². The number of pyridine rings is 1. The molecular formula is C20H19N5O3S. The Morgan fingerprint density at radius 1 is 1.17 bits per heavy atom. The summed E-state index contributed by atoms with van der Waals surface area (Å²) < 4.78 is 10.1. The summed E-state index contributed by atoms with van der Waals surface area (Å²) in [4.78, 5) is 25.3. The normalized spacial score (nSPS) is 11.6. The van der Waals surface area contributed by atoms with Crippen LogP contribution in [0.5, 0.6) is 5.88 Å². The van der Waals surface area contributed by atoms with Gasteiger partial charge in [-0.3, -0.25) is 0 Å². The van der Waals surface area contributed by atoms with E-state index in [1.54, 1.807) is 43.3 Å². The van der Waals surface area contributed by atoms with Crippen LogP contribution in [0.25, 0.3) is 0 Å². The average molecular weight is 409 g/mol. The Balaban J connectivity index is 1.33. The third kappa shape index (κ3) is 4.75. The van der Waals surface area contributed by atoms with Crippen LogP contribution in [0, 0.1) is 0 Å². The maximum atomic E-state index is 11.3. The van der Waals surface area contributed by atoms with Crippen LogP contribution in [-0.4, -0.2) is 34.1 Å². The third-order valence-electron chi connectivity index (χ3n) is 4.04. The molecule has 148 valence electrons. The van der Waals surface area contributed by atoms with E-state index in [-0.39, 0.29) is 6.61 Å². The molecule has 0 amide bonds. The van der Waals surface area contributed by atoms with Crippen molar-refractivity contribution in [3.8, 4) is 5.88 Å². The van der Waals surface area contributed by atoms with Gasteiger partial charge in [0.25, 0.3) is 0 Å². The molecule has 1 aliphatic heterocycles. The van der Waals surface area contributed by atoms with Gasteiger partial charge in [0, 0.05) is 29.9 Å². The average Bonchev–Trinajstić information content (AvgIpc) is 2.75. The second-order valence-electron chi connectivity index (χ2n) is 6.10. The summed E-state index contributed by atoms with van der Waals surface area (Å²) in [5.41, 5.74) is 2.99. The number of rotatable bonds is 7. The van der Waals surface area contributed by atoms with Crippen molar-refractivity contribution in [2.75, 3.05) is 23.8 Å². The summed E-state index contributed by atoms with van der Waals surface area (Å²) in [7, 11) is 0. The number of fused-ring (bicyclic) bond motifs is 2. The number of aromatic nitrogens is 3. The summed E-state index contributed by atoms with van der Waals surface area (Å²) in [6.45, 7) is 2.56. The molecule has 4 rings (SSSR count). The monoisotopic (exact) mass is 409 g/mol. The van der Waals surface area contributed by atoms with Crippen LogP contribution < -0.4 is 15.4 Å². The molecule has 0 saturated carbocycles. The predicted octanol–water partition coefficient (Wildman–Crippen LogP) is 3.63. The molecule has 0 fully saturated rings. The van der Waals surface area contributed by atoms with E-state index in [1.165, 1.54) is 0 Å². The van der Waals surface area contributed by atoms with Gasteiger partial charge in [-0.1, -0.05) is 17.8 Å². The molecule has 0 unspecified atom stereocenters. The Morgan fingerprint density at radius 2 is 2.07 bits per heavy atom. The van der Waals surface area contributed by atoms with Crippen LogP contribution in [0.3, 0.4) is 0 Å². The van der Waals surface area contributed by atoms with Crippen LogP contribution in [0.15, 0.2) is 58.8 Å². The van der Waals surface area contributed by atoms with Crippen molar-refractivity contribution in [1.82, 2.24) is 15.0 Å². The second-order valence-corrected chi connectivity index (χ2v) is 7.13. The number of esters is 1. The van der Waals surface area contributed by atoms with Crippen molar-refractivity contribution in [1.29, 1.82) is 0 Å². The van der Waals surface area contributed by atoms with Gasteiger partial charge in [-0.05, 0) is 30.7 Å². The molecule has 3 aromatic rings. The first-order chi connectivity index (χ1) is 14.2. The van der Waals surface area contributed by atoms with Gasteiger partial charge < -0.3 is 20.1 Å². The number of benzene rings is 1. The summed E-state index contributed by atoms with van der Waals surface area (Å²) in [5, 5.41) is 7.53. The van der Waals surface area contributed by atoms with E-state index in [0.29, 0.717) is 19.0 Å². The Morgan fingerprint density at radius 3 is 2.90 bits per heavy atom. The number of nitrogens with one attached hydrogen (secondary N) is 2. The molecule has 0 bridgehead atoms. The van der Waals surface area contributed by atoms with Crippen LogP contribution in [0.2, 0.25) is 0 Å².